The normalized spacial score (nSPS) is 19.7. The number of nitrogens with zero attached hydrogens (tertiary/aromatic N) is 2. The minimum absolute atomic E-state index is 0.467. The second-order valence-electron chi connectivity index (χ2n) is 6.54. The fraction of sp³-hybridized carbons (Fsp3) is 0.450. The Morgan fingerprint density at radius 1 is 1.22 bits per heavy atom. The van der Waals surface area contributed by atoms with Gasteiger partial charge in [0, 0.05) is 24.8 Å². The fourth-order valence-electron chi connectivity index (χ4n) is 3.25. The van der Waals surface area contributed by atoms with Crippen LogP contribution in [0.5, 0.6) is 0 Å². The van der Waals surface area contributed by atoms with Crippen molar-refractivity contribution in [2.24, 2.45) is 0 Å². The van der Waals surface area contributed by atoms with Crippen molar-refractivity contribution in [3.63, 3.8) is 0 Å². The predicted octanol–water partition coefficient (Wildman–Crippen LogP) is 4.63. The van der Waals surface area contributed by atoms with Crippen LogP contribution in [0.3, 0.4) is 0 Å². The highest BCUT2D eigenvalue weighted by molar-refractivity contribution is 5.37. The third-order valence-corrected chi connectivity index (χ3v) is 4.77. The number of pyridine rings is 1. The molecule has 2 aromatic rings. The van der Waals surface area contributed by atoms with Crippen molar-refractivity contribution >= 4 is 5.82 Å². The zero-order valence-electron chi connectivity index (χ0n) is 14.2. The van der Waals surface area contributed by atoms with Gasteiger partial charge in [-0.2, -0.15) is 0 Å². The molecule has 1 saturated heterocycles. The van der Waals surface area contributed by atoms with Gasteiger partial charge >= 0.3 is 0 Å². The molecule has 3 nitrogen and oxygen atoms in total. The van der Waals surface area contributed by atoms with Crippen LogP contribution in [0.2, 0.25) is 0 Å². The smallest absolute Gasteiger partial charge is 0.126 e. The van der Waals surface area contributed by atoms with Gasteiger partial charge in [-0.25, -0.2) is 4.98 Å². The van der Waals surface area contributed by atoms with Crippen molar-refractivity contribution in [2.75, 3.05) is 11.9 Å². The largest absolute Gasteiger partial charge is 0.368 e. The molecule has 0 spiro atoms. The Balaban J connectivity index is 1.67. The van der Waals surface area contributed by atoms with Crippen LogP contribution >= 0.6 is 0 Å². The molecule has 2 atom stereocenters. The predicted molar refractivity (Wildman–Crippen MR) is 96.4 cm³/mol. The molecule has 0 radical (unpaired) electrons. The molecule has 1 aliphatic heterocycles. The first-order valence-electron chi connectivity index (χ1n) is 8.76. The van der Waals surface area contributed by atoms with Crippen molar-refractivity contribution < 1.29 is 0 Å². The maximum atomic E-state index is 4.61. The van der Waals surface area contributed by atoms with Gasteiger partial charge in [0.05, 0.1) is 0 Å². The maximum absolute atomic E-state index is 4.61. The summed E-state index contributed by atoms with van der Waals surface area (Å²) in [6.07, 6.45) is 5.66. The molecule has 23 heavy (non-hydrogen) atoms. The lowest BCUT2D eigenvalue weighted by atomic mass is 10.1. The maximum Gasteiger partial charge on any atom is 0.126 e. The van der Waals surface area contributed by atoms with Gasteiger partial charge in [-0.05, 0) is 49.9 Å². The van der Waals surface area contributed by atoms with Crippen molar-refractivity contribution in [3.05, 3.63) is 59.8 Å². The summed E-state index contributed by atoms with van der Waals surface area (Å²) in [6.45, 7) is 6.57. The van der Waals surface area contributed by atoms with Gasteiger partial charge in [-0.3, -0.25) is 4.90 Å². The standard InChI is InChI=1S/C20H27N3/c1-3-16(2)22-20-12-11-18(14-21-20)19-10-7-13-23(19)15-17-8-5-4-6-9-17/h4-6,8-9,11-12,14,16,19H,3,7,10,13,15H2,1-2H3,(H,21,22)/t16-,19+/m0/s1. The van der Waals surface area contributed by atoms with E-state index in [1.54, 1.807) is 0 Å². The number of rotatable bonds is 6. The Hall–Kier alpha value is -1.87. The molecular weight excluding hydrogens is 282 g/mol. The Labute approximate surface area is 139 Å². The summed E-state index contributed by atoms with van der Waals surface area (Å²) >= 11 is 0. The van der Waals surface area contributed by atoms with E-state index in [2.05, 4.69) is 77.7 Å². The van der Waals surface area contributed by atoms with Gasteiger partial charge < -0.3 is 5.32 Å². The summed E-state index contributed by atoms with van der Waals surface area (Å²) in [7, 11) is 0. The SMILES string of the molecule is CC[C@H](C)Nc1ccc([C@H]2CCCN2Cc2ccccc2)cn1. The van der Waals surface area contributed by atoms with Crippen molar-refractivity contribution in [1.82, 2.24) is 9.88 Å². The molecule has 1 aromatic heterocycles. The molecule has 0 amide bonds. The average Bonchev–Trinajstić information content (AvgIpc) is 3.04. The highest BCUT2D eigenvalue weighted by atomic mass is 15.2. The third kappa shape index (κ3) is 4.11. The Morgan fingerprint density at radius 3 is 2.74 bits per heavy atom. The van der Waals surface area contributed by atoms with Crippen LogP contribution < -0.4 is 5.32 Å². The summed E-state index contributed by atoms with van der Waals surface area (Å²) in [5.41, 5.74) is 2.73. The van der Waals surface area contributed by atoms with Crippen LogP contribution in [0.4, 0.5) is 5.82 Å². The van der Waals surface area contributed by atoms with Crippen molar-refractivity contribution in [3.8, 4) is 0 Å². The molecule has 0 unspecified atom stereocenters. The number of benzene rings is 1. The van der Waals surface area contributed by atoms with Gasteiger partial charge in [-0.1, -0.05) is 43.3 Å². The first-order valence-corrected chi connectivity index (χ1v) is 8.76. The molecule has 1 aromatic carbocycles. The van der Waals surface area contributed by atoms with E-state index < -0.39 is 0 Å². The number of hydrogen-bond acceptors (Lipinski definition) is 3. The van der Waals surface area contributed by atoms with Gasteiger partial charge in [0.2, 0.25) is 0 Å². The zero-order valence-corrected chi connectivity index (χ0v) is 14.2. The molecular formula is C20H27N3. The van der Waals surface area contributed by atoms with Crippen molar-refractivity contribution in [1.29, 1.82) is 0 Å². The summed E-state index contributed by atoms with van der Waals surface area (Å²) in [4.78, 5) is 7.19. The number of hydrogen-bond donors (Lipinski definition) is 1. The highest BCUT2D eigenvalue weighted by Gasteiger charge is 2.26. The van der Waals surface area contributed by atoms with Crippen LogP contribution in [0.15, 0.2) is 48.7 Å². The van der Waals surface area contributed by atoms with Crippen LogP contribution in [0.1, 0.15) is 50.3 Å². The topological polar surface area (TPSA) is 28.2 Å². The Morgan fingerprint density at radius 2 is 2.04 bits per heavy atom. The number of likely N-dealkylation sites (tertiary alicyclic amines) is 1. The Bertz CT molecular complexity index is 594. The fourth-order valence-corrected chi connectivity index (χ4v) is 3.25. The van der Waals surface area contributed by atoms with Crippen LogP contribution in [-0.4, -0.2) is 22.5 Å². The highest BCUT2D eigenvalue weighted by Crippen LogP contribution is 2.33. The second kappa shape index (κ2) is 7.60. The summed E-state index contributed by atoms with van der Waals surface area (Å²) in [6, 6.07) is 16.1. The molecule has 1 aliphatic rings. The molecule has 0 saturated carbocycles. The van der Waals surface area contributed by atoms with E-state index in [1.165, 1.54) is 30.5 Å². The molecule has 2 heterocycles. The van der Waals surface area contributed by atoms with Crippen LogP contribution in [-0.2, 0) is 6.54 Å². The van der Waals surface area contributed by atoms with Crippen molar-refractivity contribution in [2.45, 2.75) is 51.7 Å². The molecule has 0 bridgehead atoms. The van der Waals surface area contributed by atoms with Gasteiger partial charge in [0.1, 0.15) is 5.82 Å². The lowest BCUT2D eigenvalue weighted by Crippen LogP contribution is -2.23. The minimum Gasteiger partial charge on any atom is -0.368 e. The molecule has 1 fully saturated rings. The molecule has 0 aliphatic carbocycles. The zero-order chi connectivity index (χ0) is 16.1. The summed E-state index contributed by atoms with van der Waals surface area (Å²) < 4.78 is 0. The Kier molecular flexibility index (Phi) is 5.29. The lowest BCUT2D eigenvalue weighted by Gasteiger charge is -2.25. The lowest BCUT2D eigenvalue weighted by molar-refractivity contribution is 0.248. The monoisotopic (exact) mass is 309 g/mol. The van der Waals surface area contributed by atoms with Gasteiger partial charge in [-0.15, -0.1) is 0 Å². The number of nitrogens with one attached hydrogen (secondary N) is 1. The minimum atomic E-state index is 0.467. The van der Waals surface area contributed by atoms with E-state index in [4.69, 9.17) is 0 Å². The van der Waals surface area contributed by atoms with E-state index in [0.29, 0.717) is 12.1 Å². The number of anilines is 1. The first-order chi connectivity index (χ1) is 11.3. The van der Waals surface area contributed by atoms with E-state index in [-0.39, 0.29) is 0 Å². The second-order valence-corrected chi connectivity index (χ2v) is 6.54. The van der Waals surface area contributed by atoms with Gasteiger partial charge in [0.25, 0.3) is 0 Å². The third-order valence-electron chi connectivity index (χ3n) is 4.77. The van der Waals surface area contributed by atoms with E-state index in [1.807, 2.05) is 0 Å². The van der Waals surface area contributed by atoms with Gasteiger partial charge in [0.15, 0.2) is 0 Å². The number of aromatic nitrogens is 1. The molecule has 3 rings (SSSR count). The van der Waals surface area contributed by atoms with E-state index in [9.17, 15) is 0 Å². The molecule has 1 N–H and O–H groups in total. The van der Waals surface area contributed by atoms with E-state index >= 15 is 0 Å². The van der Waals surface area contributed by atoms with Crippen LogP contribution in [0.25, 0.3) is 0 Å². The quantitative estimate of drug-likeness (QED) is 0.843. The molecule has 122 valence electrons. The van der Waals surface area contributed by atoms with Crippen LogP contribution in [0, 0.1) is 0 Å². The summed E-state index contributed by atoms with van der Waals surface area (Å²) in [5.74, 6) is 0.982. The average molecular weight is 309 g/mol. The molecule has 3 heteroatoms. The van der Waals surface area contributed by atoms with E-state index in [0.717, 1.165) is 18.8 Å². The first kappa shape index (κ1) is 16.0. The summed E-state index contributed by atoms with van der Waals surface area (Å²) in [5, 5.41) is 3.44.